The maximum absolute atomic E-state index is 6.08. The third-order valence-electron chi connectivity index (χ3n) is 3.25. The van der Waals surface area contributed by atoms with Crippen molar-refractivity contribution in [3.63, 3.8) is 0 Å². The Bertz CT molecular complexity index is 557. The number of hydrogen-bond donors (Lipinski definition) is 1. The Morgan fingerprint density at radius 3 is 2.43 bits per heavy atom. The highest BCUT2D eigenvalue weighted by atomic mass is 79.9. The van der Waals surface area contributed by atoms with Gasteiger partial charge in [-0.2, -0.15) is 0 Å². The van der Waals surface area contributed by atoms with Crippen molar-refractivity contribution < 1.29 is 9.47 Å². The van der Waals surface area contributed by atoms with Gasteiger partial charge in [0.2, 0.25) is 0 Å². The number of likely N-dealkylation sites (N-methyl/N-ethyl adjacent to an activating group) is 1. The molecule has 0 aliphatic rings. The van der Waals surface area contributed by atoms with Crippen LogP contribution in [0.4, 0.5) is 0 Å². The first-order valence-corrected chi connectivity index (χ1v) is 7.67. The van der Waals surface area contributed by atoms with Crippen molar-refractivity contribution in [1.82, 2.24) is 5.32 Å². The van der Waals surface area contributed by atoms with Crippen molar-refractivity contribution in [1.29, 1.82) is 0 Å². The maximum atomic E-state index is 6.08. The normalized spacial score (nSPS) is 12.1. The van der Waals surface area contributed by atoms with Crippen molar-refractivity contribution in [3.05, 3.63) is 64.1 Å². The summed E-state index contributed by atoms with van der Waals surface area (Å²) in [4.78, 5) is 0. The molecular formula is C17H20BrNO2. The molecule has 0 radical (unpaired) electrons. The summed E-state index contributed by atoms with van der Waals surface area (Å²) in [6.45, 7) is 1.33. The minimum absolute atomic E-state index is 0.00711. The summed E-state index contributed by atoms with van der Waals surface area (Å²) in [5.74, 6) is 0.858. The molecule has 112 valence electrons. The number of rotatable bonds is 7. The highest BCUT2D eigenvalue weighted by Crippen LogP contribution is 2.26. The molecule has 1 N–H and O–H groups in total. The Balaban J connectivity index is 2.04. The smallest absolute Gasteiger partial charge is 0.118 e. The van der Waals surface area contributed by atoms with Crippen LogP contribution in [-0.4, -0.2) is 20.7 Å². The molecule has 0 aliphatic carbocycles. The number of ether oxygens (including phenoxy) is 2. The Labute approximate surface area is 134 Å². The van der Waals surface area contributed by atoms with Gasteiger partial charge in [-0.15, -0.1) is 0 Å². The standard InChI is InChI=1S/C17H20BrNO2/c1-19-11-17(15-5-3-4-6-16(15)18)21-12-13-7-9-14(20-2)10-8-13/h3-10,17,19H,11-12H2,1-2H3. The van der Waals surface area contributed by atoms with Gasteiger partial charge in [0, 0.05) is 11.0 Å². The molecule has 0 heterocycles. The van der Waals surface area contributed by atoms with E-state index in [1.165, 1.54) is 0 Å². The van der Waals surface area contributed by atoms with E-state index in [0.717, 1.165) is 27.9 Å². The maximum Gasteiger partial charge on any atom is 0.118 e. The van der Waals surface area contributed by atoms with Crippen LogP contribution in [0.15, 0.2) is 53.0 Å². The Morgan fingerprint density at radius 2 is 1.81 bits per heavy atom. The molecule has 0 aliphatic heterocycles. The number of hydrogen-bond acceptors (Lipinski definition) is 3. The highest BCUT2D eigenvalue weighted by molar-refractivity contribution is 9.10. The van der Waals surface area contributed by atoms with Gasteiger partial charge in [0.15, 0.2) is 0 Å². The zero-order chi connectivity index (χ0) is 15.1. The fourth-order valence-electron chi connectivity index (χ4n) is 2.10. The average molecular weight is 350 g/mol. The molecule has 0 fully saturated rings. The zero-order valence-corrected chi connectivity index (χ0v) is 13.9. The summed E-state index contributed by atoms with van der Waals surface area (Å²) in [7, 11) is 3.60. The van der Waals surface area contributed by atoms with Gasteiger partial charge in [-0.1, -0.05) is 46.3 Å². The SMILES string of the molecule is CNCC(OCc1ccc(OC)cc1)c1ccccc1Br. The molecule has 2 aromatic carbocycles. The Morgan fingerprint density at radius 1 is 1.10 bits per heavy atom. The molecular weight excluding hydrogens is 330 g/mol. The fourth-order valence-corrected chi connectivity index (χ4v) is 2.64. The second-order valence-corrected chi connectivity index (χ2v) is 5.58. The van der Waals surface area contributed by atoms with E-state index in [0.29, 0.717) is 6.61 Å². The van der Waals surface area contributed by atoms with E-state index in [-0.39, 0.29) is 6.10 Å². The molecule has 1 atom stereocenters. The van der Waals surface area contributed by atoms with Gasteiger partial charge in [-0.25, -0.2) is 0 Å². The minimum atomic E-state index is 0.00711. The summed E-state index contributed by atoms with van der Waals surface area (Å²) in [5.41, 5.74) is 2.28. The molecule has 1 unspecified atom stereocenters. The molecule has 21 heavy (non-hydrogen) atoms. The topological polar surface area (TPSA) is 30.5 Å². The number of nitrogens with one attached hydrogen (secondary N) is 1. The predicted octanol–water partition coefficient (Wildman–Crippen LogP) is 3.94. The van der Waals surface area contributed by atoms with Gasteiger partial charge in [-0.05, 0) is 36.4 Å². The molecule has 3 nitrogen and oxygen atoms in total. The Kier molecular flexibility index (Phi) is 6.23. The van der Waals surface area contributed by atoms with Gasteiger partial charge in [-0.3, -0.25) is 0 Å². The van der Waals surface area contributed by atoms with Crippen LogP contribution in [0, 0.1) is 0 Å². The first kappa shape index (κ1) is 16.0. The summed E-state index contributed by atoms with van der Waals surface area (Å²) in [6.07, 6.45) is 0.00711. The highest BCUT2D eigenvalue weighted by Gasteiger charge is 2.14. The van der Waals surface area contributed by atoms with Gasteiger partial charge in [0.05, 0.1) is 19.8 Å². The van der Waals surface area contributed by atoms with E-state index in [4.69, 9.17) is 9.47 Å². The molecule has 0 spiro atoms. The fraction of sp³-hybridized carbons (Fsp3) is 0.294. The van der Waals surface area contributed by atoms with Crippen molar-refractivity contribution in [2.75, 3.05) is 20.7 Å². The van der Waals surface area contributed by atoms with Gasteiger partial charge < -0.3 is 14.8 Å². The monoisotopic (exact) mass is 349 g/mol. The van der Waals surface area contributed by atoms with Crippen molar-refractivity contribution in [2.45, 2.75) is 12.7 Å². The van der Waals surface area contributed by atoms with Crippen LogP contribution in [0.25, 0.3) is 0 Å². The van der Waals surface area contributed by atoms with Crippen LogP contribution in [0.2, 0.25) is 0 Å². The lowest BCUT2D eigenvalue weighted by molar-refractivity contribution is 0.0406. The Hall–Kier alpha value is -1.36. The minimum Gasteiger partial charge on any atom is -0.497 e. The number of halogens is 1. The van der Waals surface area contributed by atoms with Crippen molar-refractivity contribution >= 4 is 15.9 Å². The van der Waals surface area contributed by atoms with E-state index in [1.54, 1.807) is 7.11 Å². The first-order chi connectivity index (χ1) is 10.2. The average Bonchev–Trinajstić information content (AvgIpc) is 2.53. The van der Waals surface area contributed by atoms with E-state index in [2.05, 4.69) is 27.3 Å². The summed E-state index contributed by atoms with van der Waals surface area (Å²) >= 11 is 3.59. The predicted molar refractivity (Wildman–Crippen MR) is 88.6 cm³/mol. The second-order valence-electron chi connectivity index (χ2n) is 4.73. The van der Waals surface area contributed by atoms with Crippen LogP contribution in [0.1, 0.15) is 17.2 Å². The third kappa shape index (κ3) is 4.56. The lowest BCUT2D eigenvalue weighted by atomic mass is 10.1. The van der Waals surface area contributed by atoms with Crippen molar-refractivity contribution in [3.8, 4) is 5.75 Å². The van der Waals surface area contributed by atoms with E-state index in [9.17, 15) is 0 Å². The van der Waals surface area contributed by atoms with E-state index < -0.39 is 0 Å². The van der Waals surface area contributed by atoms with Crippen LogP contribution in [-0.2, 0) is 11.3 Å². The molecule has 0 aromatic heterocycles. The summed E-state index contributed by atoms with van der Waals surface area (Å²) < 4.78 is 12.3. The van der Waals surface area contributed by atoms with Crippen LogP contribution >= 0.6 is 15.9 Å². The molecule has 2 rings (SSSR count). The van der Waals surface area contributed by atoms with Crippen LogP contribution in [0.5, 0.6) is 5.75 Å². The van der Waals surface area contributed by atoms with E-state index in [1.807, 2.05) is 49.5 Å². The first-order valence-electron chi connectivity index (χ1n) is 6.88. The van der Waals surface area contributed by atoms with Crippen LogP contribution in [0.3, 0.4) is 0 Å². The molecule has 0 saturated heterocycles. The van der Waals surface area contributed by atoms with Crippen LogP contribution < -0.4 is 10.1 Å². The molecule has 2 aromatic rings. The van der Waals surface area contributed by atoms with Gasteiger partial charge >= 0.3 is 0 Å². The molecule has 0 bridgehead atoms. The zero-order valence-electron chi connectivity index (χ0n) is 12.3. The third-order valence-corrected chi connectivity index (χ3v) is 3.97. The summed E-state index contributed by atoms with van der Waals surface area (Å²) in [6, 6.07) is 16.1. The quantitative estimate of drug-likeness (QED) is 0.821. The molecule has 0 saturated carbocycles. The largest absolute Gasteiger partial charge is 0.497 e. The van der Waals surface area contributed by atoms with Gasteiger partial charge in [0.25, 0.3) is 0 Å². The van der Waals surface area contributed by atoms with Crippen molar-refractivity contribution in [2.24, 2.45) is 0 Å². The molecule has 0 amide bonds. The van der Waals surface area contributed by atoms with Gasteiger partial charge in [0.1, 0.15) is 5.75 Å². The van der Waals surface area contributed by atoms with E-state index >= 15 is 0 Å². The lowest BCUT2D eigenvalue weighted by Gasteiger charge is -2.19. The number of benzene rings is 2. The summed E-state index contributed by atoms with van der Waals surface area (Å²) in [5, 5.41) is 3.18. The lowest BCUT2D eigenvalue weighted by Crippen LogP contribution is -2.20. The molecule has 4 heteroatoms. The second kappa shape index (κ2) is 8.17. The number of methoxy groups -OCH3 is 1.